The highest BCUT2D eigenvalue weighted by Crippen LogP contribution is 2.25. The van der Waals surface area contributed by atoms with Crippen molar-refractivity contribution in [1.82, 2.24) is 20.2 Å². The highest BCUT2D eigenvalue weighted by molar-refractivity contribution is 5.92. The van der Waals surface area contributed by atoms with E-state index in [1.54, 1.807) is 6.08 Å². The summed E-state index contributed by atoms with van der Waals surface area (Å²) in [5.41, 5.74) is 1.02. The second kappa shape index (κ2) is 7.53. The van der Waals surface area contributed by atoms with Crippen LogP contribution in [0.4, 0.5) is 0 Å². The Bertz CT molecular complexity index is 644. The van der Waals surface area contributed by atoms with E-state index in [0.29, 0.717) is 12.0 Å². The maximum atomic E-state index is 11.8. The van der Waals surface area contributed by atoms with Crippen LogP contribution in [0.5, 0.6) is 0 Å². The Morgan fingerprint density at radius 3 is 2.65 bits per heavy atom. The van der Waals surface area contributed by atoms with Crippen LogP contribution in [-0.2, 0) is 19.8 Å². The minimum atomic E-state index is -0.457. The molecule has 0 radical (unpaired) electrons. The lowest BCUT2D eigenvalue weighted by atomic mass is 9.88. The molecule has 2 N–H and O–H groups in total. The number of carbonyl (C=O) groups is 3. The smallest absolute Gasteiger partial charge is 0.244 e. The SMILES string of the molecule is C=CC(C)(C)c1[nH]cnc1/C=C(/C=O)NC(=O)CN(C)C(C)=O. The molecule has 7 nitrogen and oxygen atoms in total. The molecule has 7 heteroatoms. The molecule has 1 rings (SSSR count). The number of aromatic amines is 1. The lowest BCUT2D eigenvalue weighted by Gasteiger charge is -2.19. The van der Waals surface area contributed by atoms with Crippen molar-refractivity contribution in [3.63, 3.8) is 0 Å². The largest absolute Gasteiger partial charge is 0.347 e. The van der Waals surface area contributed by atoms with Crippen LogP contribution in [0.25, 0.3) is 6.08 Å². The molecule has 0 fully saturated rings. The zero-order valence-corrected chi connectivity index (χ0v) is 13.8. The number of hydrogen-bond donors (Lipinski definition) is 2. The van der Waals surface area contributed by atoms with Crippen LogP contribution >= 0.6 is 0 Å². The van der Waals surface area contributed by atoms with Crippen molar-refractivity contribution in [1.29, 1.82) is 0 Å². The predicted octanol–water partition coefficient (Wildman–Crippen LogP) is 1.01. The van der Waals surface area contributed by atoms with Gasteiger partial charge in [-0.1, -0.05) is 19.9 Å². The van der Waals surface area contributed by atoms with Crippen LogP contribution in [0.1, 0.15) is 32.2 Å². The van der Waals surface area contributed by atoms with Gasteiger partial charge in [0.1, 0.15) is 0 Å². The van der Waals surface area contributed by atoms with Crippen LogP contribution in [0.3, 0.4) is 0 Å². The van der Waals surface area contributed by atoms with Crippen molar-refractivity contribution >= 4 is 24.2 Å². The third-order valence-electron chi connectivity index (χ3n) is 3.44. The fourth-order valence-corrected chi connectivity index (χ4v) is 1.81. The third kappa shape index (κ3) is 4.91. The van der Waals surface area contributed by atoms with E-state index in [0.717, 1.165) is 5.69 Å². The molecule has 0 aliphatic heterocycles. The van der Waals surface area contributed by atoms with Gasteiger partial charge in [-0.05, 0) is 6.08 Å². The van der Waals surface area contributed by atoms with Gasteiger partial charge in [-0.3, -0.25) is 14.4 Å². The molecule has 0 atom stereocenters. The summed E-state index contributed by atoms with van der Waals surface area (Å²) in [6, 6.07) is 0. The fourth-order valence-electron chi connectivity index (χ4n) is 1.81. The van der Waals surface area contributed by atoms with E-state index in [4.69, 9.17) is 0 Å². The molecule has 1 heterocycles. The molecular formula is C16H22N4O3. The Hall–Kier alpha value is -2.70. The molecule has 0 saturated heterocycles. The lowest BCUT2D eigenvalue weighted by Crippen LogP contribution is -2.37. The number of hydrogen-bond acceptors (Lipinski definition) is 4. The van der Waals surface area contributed by atoms with Gasteiger partial charge in [0.2, 0.25) is 11.8 Å². The molecule has 0 bridgehead atoms. The number of nitrogens with zero attached hydrogens (tertiary/aromatic N) is 2. The van der Waals surface area contributed by atoms with Gasteiger partial charge in [-0.25, -0.2) is 4.98 Å². The number of nitrogens with one attached hydrogen (secondary N) is 2. The van der Waals surface area contributed by atoms with Crippen LogP contribution < -0.4 is 5.32 Å². The number of likely N-dealkylation sites (N-methyl/N-ethyl adjacent to an activating group) is 1. The van der Waals surface area contributed by atoms with E-state index in [9.17, 15) is 14.4 Å². The van der Waals surface area contributed by atoms with Crippen LogP contribution in [-0.4, -0.2) is 46.6 Å². The molecule has 1 aromatic heterocycles. The van der Waals surface area contributed by atoms with Crippen molar-refractivity contribution in [2.45, 2.75) is 26.2 Å². The van der Waals surface area contributed by atoms with Crippen molar-refractivity contribution < 1.29 is 14.4 Å². The van der Waals surface area contributed by atoms with Gasteiger partial charge >= 0.3 is 0 Å². The normalized spacial score (nSPS) is 11.7. The Kier molecular flexibility index (Phi) is 6.01. The van der Waals surface area contributed by atoms with Crippen molar-refractivity contribution in [3.8, 4) is 0 Å². The topological polar surface area (TPSA) is 95.2 Å². The average molecular weight is 318 g/mol. The standard InChI is InChI=1S/C16H22N4O3/c1-6-16(3,4)15-13(17-10-18-15)7-12(9-21)19-14(23)8-20(5)11(2)22/h6-7,9-10H,1,8H2,2-5H3,(H,17,18)(H,19,23)/b12-7-. The van der Waals surface area contributed by atoms with Gasteiger partial charge in [0, 0.05) is 19.4 Å². The van der Waals surface area contributed by atoms with Gasteiger partial charge in [0.05, 0.1) is 30.0 Å². The maximum absolute atomic E-state index is 11.8. The molecule has 2 amide bonds. The molecule has 0 saturated carbocycles. The van der Waals surface area contributed by atoms with Gasteiger partial charge in [0.15, 0.2) is 6.29 Å². The van der Waals surface area contributed by atoms with E-state index < -0.39 is 5.91 Å². The molecular weight excluding hydrogens is 296 g/mol. The summed E-state index contributed by atoms with van der Waals surface area (Å²) in [6.07, 6.45) is 5.29. The number of allylic oxidation sites excluding steroid dienone is 2. The van der Waals surface area contributed by atoms with E-state index >= 15 is 0 Å². The van der Waals surface area contributed by atoms with E-state index in [1.807, 2.05) is 13.8 Å². The molecule has 23 heavy (non-hydrogen) atoms. The number of aldehydes is 1. The average Bonchev–Trinajstić information content (AvgIpc) is 2.95. The van der Waals surface area contributed by atoms with Crippen molar-refractivity contribution in [2.24, 2.45) is 0 Å². The molecule has 0 unspecified atom stereocenters. The Balaban J connectivity index is 2.95. The minimum Gasteiger partial charge on any atom is -0.347 e. The number of imidazole rings is 1. The highest BCUT2D eigenvalue weighted by atomic mass is 16.2. The zero-order valence-electron chi connectivity index (χ0n) is 13.8. The van der Waals surface area contributed by atoms with E-state index in [1.165, 1.54) is 31.3 Å². The molecule has 0 aliphatic carbocycles. The second-order valence-corrected chi connectivity index (χ2v) is 5.73. The van der Waals surface area contributed by atoms with Crippen molar-refractivity contribution in [3.05, 3.63) is 36.1 Å². The summed E-state index contributed by atoms with van der Waals surface area (Å²) in [6.45, 7) is 8.91. The molecule has 0 aliphatic rings. The van der Waals surface area contributed by atoms with Gasteiger partial charge in [-0.15, -0.1) is 6.58 Å². The van der Waals surface area contributed by atoms with Crippen LogP contribution in [0, 0.1) is 0 Å². The summed E-state index contributed by atoms with van der Waals surface area (Å²) >= 11 is 0. The minimum absolute atomic E-state index is 0.0696. The first-order chi connectivity index (χ1) is 10.7. The number of amides is 2. The maximum Gasteiger partial charge on any atom is 0.244 e. The first-order valence-electron chi connectivity index (χ1n) is 7.07. The number of aromatic nitrogens is 2. The summed E-state index contributed by atoms with van der Waals surface area (Å²) in [5.74, 6) is -0.694. The third-order valence-corrected chi connectivity index (χ3v) is 3.44. The number of H-pyrrole nitrogens is 1. The quantitative estimate of drug-likeness (QED) is 0.445. The predicted molar refractivity (Wildman–Crippen MR) is 87.3 cm³/mol. The van der Waals surface area contributed by atoms with Gasteiger partial charge < -0.3 is 15.2 Å². The van der Waals surface area contributed by atoms with E-state index in [2.05, 4.69) is 21.9 Å². The van der Waals surface area contributed by atoms with Gasteiger partial charge in [0.25, 0.3) is 0 Å². The Morgan fingerprint density at radius 2 is 2.13 bits per heavy atom. The summed E-state index contributed by atoms with van der Waals surface area (Å²) < 4.78 is 0. The lowest BCUT2D eigenvalue weighted by molar-refractivity contribution is -0.132. The molecule has 0 spiro atoms. The first kappa shape index (κ1) is 18.3. The molecule has 0 aromatic carbocycles. The number of rotatable bonds is 7. The summed E-state index contributed by atoms with van der Waals surface area (Å²) in [7, 11) is 1.50. The second-order valence-electron chi connectivity index (χ2n) is 5.73. The molecule has 1 aromatic rings. The van der Waals surface area contributed by atoms with Gasteiger partial charge in [-0.2, -0.15) is 0 Å². The van der Waals surface area contributed by atoms with Crippen LogP contribution in [0.15, 0.2) is 24.7 Å². The summed E-state index contributed by atoms with van der Waals surface area (Å²) in [5, 5.41) is 2.47. The van der Waals surface area contributed by atoms with Crippen molar-refractivity contribution in [2.75, 3.05) is 13.6 Å². The Labute approximate surface area is 135 Å². The zero-order chi connectivity index (χ0) is 17.6. The highest BCUT2D eigenvalue weighted by Gasteiger charge is 2.22. The first-order valence-corrected chi connectivity index (χ1v) is 7.07. The number of carbonyl (C=O) groups excluding carboxylic acids is 3. The van der Waals surface area contributed by atoms with E-state index in [-0.39, 0.29) is 23.6 Å². The molecule has 124 valence electrons. The monoisotopic (exact) mass is 318 g/mol. The van der Waals surface area contributed by atoms with Crippen LogP contribution in [0.2, 0.25) is 0 Å². The summed E-state index contributed by atoms with van der Waals surface area (Å²) in [4.78, 5) is 42.6. The Morgan fingerprint density at radius 1 is 1.48 bits per heavy atom. The fraction of sp³-hybridized carbons (Fsp3) is 0.375.